The fourth-order valence-electron chi connectivity index (χ4n) is 3.49. The van der Waals surface area contributed by atoms with Gasteiger partial charge in [-0.25, -0.2) is 12.7 Å². The predicted molar refractivity (Wildman–Crippen MR) is 88.0 cm³/mol. The monoisotopic (exact) mass is 334 g/mol. The number of benzene rings is 1. The van der Waals surface area contributed by atoms with E-state index in [2.05, 4.69) is 17.5 Å². The first kappa shape index (κ1) is 16.2. The lowest BCUT2D eigenvalue weighted by atomic mass is 9.93. The van der Waals surface area contributed by atoms with Gasteiger partial charge in [0, 0.05) is 26.6 Å². The molecule has 0 aliphatic heterocycles. The summed E-state index contributed by atoms with van der Waals surface area (Å²) in [5, 5.41) is 2.92. The molecule has 2 aliphatic rings. The second-order valence-corrected chi connectivity index (χ2v) is 8.62. The molecule has 3 atom stereocenters. The van der Waals surface area contributed by atoms with E-state index in [4.69, 9.17) is 0 Å². The van der Waals surface area contributed by atoms with Crippen molar-refractivity contribution in [3.8, 4) is 0 Å². The van der Waals surface area contributed by atoms with Crippen molar-refractivity contribution in [1.82, 2.24) is 9.62 Å². The fourth-order valence-corrected chi connectivity index (χ4v) is 4.61. The lowest BCUT2D eigenvalue weighted by molar-refractivity contribution is -0.125. The third-order valence-corrected chi connectivity index (χ3v) is 6.72. The van der Waals surface area contributed by atoms with Crippen LogP contribution in [0.1, 0.15) is 18.4 Å². The summed E-state index contributed by atoms with van der Waals surface area (Å²) in [5.41, 5.74) is 0.619. The van der Waals surface area contributed by atoms with Gasteiger partial charge in [0.2, 0.25) is 15.9 Å². The number of carbonyl (C=O) groups excluding carboxylic acids is 1. The lowest BCUT2D eigenvalue weighted by Crippen LogP contribution is -2.33. The Morgan fingerprint density at radius 2 is 1.96 bits per heavy atom. The van der Waals surface area contributed by atoms with Gasteiger partial charge in [0.1, 0.15) is 0 Å². The highest BCUT2D eigenvalue weighted by atomic mass is 32.2. The van der Waals surface area contributed by atoms with Crippen LogP contribution in [-0.4, -0.2) is 32.7 Å². The standard InChI is InChI=1S/C17H22N2O3S/c1-19(2)23(21,22)16-6-4-3-5-14(16)11-18-17(20)15-10-12-7-8-13(15)9-12/h3-8,12-13,15H,9-11H2,1-2H3,(H,18,20)/t12-,13-,15+/m0/s1. The van der Waals surface area contributed by atoms with Crippen LogP contribution in [0, 0.1) is 17.8 Å². The molecule has 2 aliphatic carbocycles. The molecule has 5 nitrogen and oxygen atoms in total. The van der Waals surface area contributed by atoms with Crippen LogP contribution < -0.4 is 5.32 Å². The van der Waals surface area contributed by atoms with Crippen LogP contribution in [0.3, 0.4) is 0 Å². The fraction of sp³-hybridized carbons (Fsp3) is 0.471. The van der Waals surface area contributed by atoms with Crippen molar-refractivity contribution in [1.29, 1.82) is 0 Å². The summed E-state index contributed by atoms with van der Waals surface area (Å²) in [5.74, 6) is 0.944. The van der Waals surface area contributed by atoms with Crippen molar-refractivity contribution in [3.05, 3.63) is 42.0 Å². The normalized spacial score (nSPS) is 26.0. The van der Waals surface area contributed by atoms with Gasteiger partial charge < -0.3 is 5.32 Å². The molecule has 1 aromatic carbocycles. The van der Waals surface area contributed by atoms with Gasteiger partial charge in [0.25, 0.3) is 0 Å². The van der Waals surface area contributed by atoms with E-state index in [1.54, 1.807) is 24.3 Å². The Morgan fingerprint density at radius 1 is 1.22 bits per heavy atom. The number of rotatable bonds is 5. The Morgan fingerprint density at radius 3 is 2.57 bits per heavy atom. The van der Waals surface area contributed by atoms with Crippen LogP contribution in [0.4, 0.5) is 0 Å². The van der Waals surface area contributed by atoms with Crippen LogP contribution in [0.25, 0.3) is 0 Å². The molecule has 6 heteroatoms. The summed E-state index contributed by atoms with van der Waals surface area (Å²) in [4.78, 5) is 12.6. The summed E-state index contributed by atoms with van der Waals surface area (Å²) >= 11 is 0. The van der Waals surface area contributed by atoms with E-state index in [9.17, 15) is 13.2 Å². The Hall–Kier alpha value is -1.66. The van der Waals surface area contributed by atoms with Gasteiger partial charge >= 0.3 is 0 Å². The molecule has 1 saturated carbocycles. The minimum absolute atomic E-state index is 0.0268. The Kier molecular flexibility index (Phi) is 4.29. The van der Waals surface area contributed by atoms with Crippen LogP contribution in [0.2, 0.25) is 0 Å². The zero-order valence-corrected chi connectivity index (χ0v) is 14.2. The molecular formula is C17H22N2O3S. The lowest BCUT2D eigenvalue weighted by Gasteiger charge is -2.19. The molecule has 0 radical (unpaired) electrons. The molecule has 1 amide bonds. The average Bonchev–Trinajstić information content (AvgIpc) is 3.15. The maximum absolute atomic E-state index is 12.4. The molecule has 0 spiro atoms. The number of fused-ring (bicyclic) bond motifs is 2. The van der Waals surface area contributed by atoms with Crippen LogP contribution in [0.5, 0.6) is 0 Å². The van der Waals surface area contributed by atoms with Gasteiger partial charge in [-0.1, -0.05) is 30.4 Å². The van der Waals surface area contributed by atoms with Gasteiger partial charge in [-0.2, -0.15) is 0 Å². The topological polar surface area (TPSA) is 66.5 Å². The van der Waals surface area contributed by atoms with E-state index in [1.165, 1.54) is 18.4 Å². The van der Waals surface area contributed by atoms with Crippen molar-refractivity contribution in [2.45, 2.75) is 24.3 Å². The zero-order chi connectivity index (χ0) is 16.6. The van der Waals surface area contributed by atoms with Crippen molar-refractivity contribution >= 4 is 15.9 Å². The number of sulfonamides is 1. The summed E-state index contributed by atoms with van der Waals surface area (Å²) in [7, 11) is -0.500. The summed E-state index contributed by atoms with van der Waals surface area (Å²) < 4.78 is 25.9. The molecule has 3 rings (SSSR count). The number of hydrogen-bond acceptors (Lipinski definition) is 3. The highest BCUT2D eigenvalue weighted by molar-refractivity contribution is 7.89. The molecule has 0 unspecified atom stereocenters. The van der Waals surface area contributed by atoms with Crippen molar-refractivity contribution in [2.24, 2.45) is 17.8 Å². The molecule has 124 valence electrons. The molecule has 1 N–H and O–H groups in total. The Balaban J connectivity index is 1.72. The minimum Gasteiger partial charge on any atom is -0.352 e. The van der Waals surface area contributed by atoms with Crippen LogP contribution in [-0.2, 0) is 21.4 Å². The summed E-state index contributed by atoms with van der Waals surface area (Å²) in [6, 6.07) is 6.81. The molecule has 1 aromatic rings. The number of carbonyl (C=O) groups is 1. The molecule has 0 heterocycles. The van der Waals surface area contributed by atoms with Crippen molar-refractivity contribution < 1.29 is 13.2 Å². The number of amides is 1. The van der Waals surface area contributed by atoms with Gasteiger partial charge in [0.05, 0.1) is 4.90 Å². The van der Waals surface area contributed by atoms with Crippen LogP contribution >= 0.6 is 0 Å². The van der Waals surface area contributed by atoms with E-state index in [-0.39, 0.29) is 23.3 Å². The second kappa shape index (κ2) is 6.09. The zero-order valence-electron chi connectivity index (χ0n) is 13.4. The highest BCUT2D eigenvalue weighted by Gasteiger charge is 2.39. The van der Waals surface area contributed by atoms with Crippen molar-refractivity contribution in [3.63, 3.8) is 0 Å². The third-order valence-electron chi connectivity index (χ3n) is 4.80. The van der Waals surface area contributed by atoms with Gasteiger partial charge in [0.15, 0.2) is 0 Å². The van der Waals surface area contributed by atoms with E-state index in [0.29, 0.717) is 17.4 Å². The van der Waals surface area contributed by atoms with Crippen molar-refractivity contribution in [2.75, 3.05) is 14.1 Å². The minimum atomic E-state index is -3.51. The first-order valence-electron chi connectivity index (χ1n) is 7.86. The van der Waals surface area contributed by atoms with E-state index >= 15 is 0 Å². The first-order chi connectivity index (χ1) is 10.9. The molecule has 23 heavy (non-hydrogen) atoms. The largest absolute Gasteiger partial charge is 0.352 e. The first-order valence-corrected chi connectivity index (χ1v) is 9.30. The number of allylic oxidation sites excluding steroid dienone is 2. The summed E-state index contributed by atoms with van der Waals surface area (Å²) in [6.07, 6.45) is 6.32. The number of hydrogen-bond donors (Lipinski definition) is 1. The second-order valence-electron chi connectivity index (χ2n) is 6.50. The van der Waals surface area contributed by atoms with Crippen LogP contribution in [0.15, 0.2) is 41.3 Å². The summed E-state index contributed by atoms with van der Waals surface area (Å²) in [6.45, 7) is 0.236. The van der Waals surface area contributed by atoms with E-state index in [1.807, 2.05) is 0 Å². The number of nitrogens with zero attached hydrogens (tertiary/aromatic N) is 1. The maximum atomic E-state index is 12.4. The maximum Gasteiger partial charge on any atom is 0.242 e. The van der Waals surface area contributed by atoms with Gasteiger partial charge in [-0.05, 0) is 36.3 Å². The predicted octanol–water partition coefficient (Wildman–Crippen LogP) is 1.77. The van der Waals surface area contributed by atoms with E-state index < -0.39 is 10.0 Å². The number of nitrogens with one attached hydrogen (secondary N) is 1. The van der Waals surface area contributed by atoms with Gasteiger partial charge in [-0.3, -0.25) is 4.79 Å². The van der Waals surface area contributed by atoms with Gasteiger partial charge in [-0.15, -0.1) is 0 Å². The highest BCUT2D eigenvalue weighted by Crippen LogP contribution is 2.43. The molecule has 0 saturated heterocycles. The third kappa shape index (κ3) is 3.05. The quantitative estimate of drug-likeness (QED) is 0.835. The Bertz CT molecular complexity index is 740. The average molecular weight is 334 g/mol. The molecule has 1 fully saturated rings. The SMILES string of the molecule is CN(C)S(=O)(=O)c1ccccc1CNC(=O)[C@@H]1C[C@H]2C=C[C@H]1C2. The molecular weight excluding hydrogens is 312 g/mol. The Labute approximate surface area is 137 Å². The smallest absolute Gasteiger partial charge is 0.242 e. The molecule has 0 aromatic heterocycles. The van der Waals surface area contributed by atoms with E-state index in [0.717, 1.165) is 12.8 Å². The molecule has 2 bridgehead atoms.